The Hall–Kier alpha value is -0.940. The van der Waals surface area contributed by atoms with Crippen LogP contribution in [-0.2, 0) is 13.0 Å². The highest BCUT2D eigenvalue weighted by atomic mass is 16.3. The zero-order valence-electron chi connectivity index (χ0n) is 10.5. The Kier molecular flexibility index (Phi) is 3.35. The third kappa shape index (κ3) is 2.42. The van der Waals surface area contributed by atoms with Gasteiger partial charge >= 0.3 is 0 Å². The number of hydrogen-bond acceptors (Lipinski definition) is 4. The molecule has 2 N–H and O–H groups in total. The molecule has 18 heavy (non-hydrogen) atoms. The lowest BCUT2D eigenvalue weighted by Gasteiger charge is -2.42. The van der Waals surface area contributed by atoms with Crippen molar-refractivity contribution in [2.45, 2.75) is 31.6 Å². The van der Waals surface area contributed by atoms with Crippen LogP contribution in [0, 0.1) is 0 Å². The van der Waals surface area contributed by atoms with E-state index in [9.17, 15) is 10.2 Å². The summed E-state index contributed by atoms with van der Waals surface area (Å²) in [5.41, 5.74) is 2.78. The highest BCUT2D eigenvalue weighted by molar-refractivity contribution is 5.28. The van der Waals surface area contributed by atoms with Crippen LogP contribution < -0.4 is 0 Å². The second kappa shape index (κ2) is 4.97. The highest BCUT2D eigenvalue weighted by Crippen LogP contribution is 2.22. The number of aliphatic hydroxyl groups is 2. The predicted molar refractivity (Wildman–Crippen MR) is 68.8 cm³/mol. The van der Waals surface area contributed by atoms with E-state index in [0.717, 1.165) is 19.5 Å². The molecule has 4 heteroatoms. The molecule has 0 amide bonds. The van der Waals surface area contributed by atoms with Crippen LogP contribution in [0.25, 0.3) is 0 Å². The number of aliphatic hydroxyl groups excluding tert-OH is 2. The van der Waals surface area contributed by atoms with Crippen LogP contribution in [0.2, 0.25) is 0 Å². The fraction of sp³-hybridized carbons (Fsp3) is 0.571. The molecule has 3 rings (SSSR count). The minimum atomic E-state index is -0.411. The van der Waals surface area contributed by atoms with Gasteiger partial charge in [-0.3, -0.25) is 0 Å². The normalized spacial score (nSPS) is 30.1. The van der Waals surface area contributed by atoms with Crippen molar-refractivity contribution in [3.05, 3.63) is 35.4 Å². The zero-order chi connectivity index (χ0) is 12.5. The molecule has 1 aromatic carbocycles. The second-order valence-electron chi connectivity index (χ2n) is 5.32. The number of hydrazine groups is 1. The van der Waals surface area contributed by atoms with Crippen molar-refractivity contribution < 1.29 is 10.2 Å². The minimum Gasteiger partial charge on any atom is -0.392 e. The number of benzene rings is 1. The first-order chi connectivity index (χ1) is 8.72. The van der Waals surface area contributed by atoms with Crippen molar-refractivity contribution in [1.82, 2.24) is 10.0 Å². The largest absolute Gasteiger partial charge is 0.392 e. The summed E-state index contributed by atoms with van der Waals surface area (Å²) < 4.78 is 0. The van der Waals surface area contributed by atoms with Crippen molar-refractivity contribution in [3.8, 4) is 0 Å². The van der Waals surface area contributed by atoms with E-state index >= 15 is 0 Å². The summed E-state index contributed by atoms with van der Waals surface area (Å²) in [6, 6.07) is 8.51. The van der Waals surface area contributed by atoms with E-state index in [-0.39, 0.29) is 0 Å². The molecule has 2 atom stereocenters. The lowest BCUT2D eigenvalue weighted by molar-refractivity contribution is -0.119. The van der Waals surface area contributed by atoms with Crippen LogP contribution in [0.1, 0.15) is 17.5 Å². The first kappa shape index (κ1) is 12.1. The average Bonchev–Trinajstić information content (AvgIpc) is 2.37. The van der Waals surface area contributed by atoms with Crippen molar-refractivity contribution in [1.29, 1.82) is 0 Å². The molecule has 1 fully saturated rings. The molecule has 2 aliphatic rings. The van der Waals surface area contributed by atoms with Gasteiger partial charge in [0.2, 0.25) is 0 Å². The number of fused-ring (bicyclic) bond motifs is 1. The summed E-state index contributed by atoms with van der Waals surface area (Å²) in [4.78, 5) is 0. The van der Waals surface area contributed by atoms with Crippen molar-refractivity contribution in [2.75, 3.05) is 19.6 Å². The maximum Gasteiger partial charge on any atom is 0.0706 e. The van der Waals surface area contributed by atoms with E-state index in [1.165, 1.54) is 11.1 Å². The van der Waals surface area contributed by atoms with Gasteiger partial charge in [0, 0.05) is 32.6 Å². The summed E-state index contributed by atoms with van der Waals surface area (Å²) >= 11 is 0. The molecular formula is C14H20N2O2. The van der Waals surface area contributed by atoms with E-state index < -0.39 is 12.2 Å². The third-order valence-corrected chi connectivity index (χ3v) is 3.90. The summed E-state index contributed by atoms with van der Waals surface area (Å²) in [5, 5.41) is 23.9. The molecule has 4 nitrogen and oxygen atoms in total. The van der Waals surface area contributed by atoms with Crippen LogP contribution in [0.5, 0.6) is 0 Å². The second-order valence-corrected chi connectivity index (χ2v) is 5.32. The van der Waals surface area contributed by atoms with E-state index in [0.29, 0.717) is 19.5 Å². The molecular weight excluding hydrogens is 228 g/mol. The first-order valence-electron chi connectivity index (χ1n) is 6.65. The van der Waals surface area contributed by atoms with Crippen LogP contribution in [0.15, 0.2) is 24.3 Å². The number of piperidine rings is 1. The standard InChI is InChI=1S/C14H20N2O2/c17-13-7-14(18)10-16(9-13)15-6-5-11-3-1-2-4-12(11)8-15/h1-4,13-14,17-18H,5-10H2. The van der Waals surface area contributed by atoms with Gasteiger partial charge in [0.25, 0.3) is 0 Å². The van der Waals surface area contributed by atoms with Gasteiger partial charge in [0.1, 0.15) is 0 Å². The number of β-amino-alcohol motifs (C(OH)–C–C–N with tert-alkyl or cyclic N) is 2. The Morgan fingerprint density at radius 2 is 1.61 bits per heavy atom. The maximum atomic E-state index is 9.75. The van der Waals surface area contributed by atoms with Gasteiger partial charge in [-0.2, -0.15) is 0 Å². The van der Waals surface area contributed by atoms with Gasteiger partial charge in [0.15, 0.2) is 0 Å². The topological polar surface area (TPSA) is 46.9 Å². The Balaban J connectivity index is 1.72. The van der Waals surface area contributed by atoms with Crippen LogP contribution >= 0.6 is 0 Å². The monoisotopic (exact) mass is 248 g/mol. The maximum absolute atomic E-state index is 9.75. The summed E-state index contributed by atoms with van der Waals surface area (Å²) in [7, 11) is 0. The predicted octanol–water partition coefficient (Wildman–Crippen LogP) is 0.387. The number of rotatable bonds is 1. The summed E-state index contributed by atoms with van der Waals surface area (Å²) in [6.07, 6.45) is 0.719. The number of hydrogen-bond donors (Lipinski definition) is 2. The lowest BCUT2D eigenvalue weighted by atomic mass is 10.0. The summed E-state index contributed by atoms with van der Waals surface area (Å²) in [5.74, 6) is 0. The fourth-order valence-corrected chi connectivity index (χ4v) is 2.98. The van der Waals surface area contributed by atoms with E-state index in [1.54, 1.807) is 0 Å². The van der Waals surface area contributed by atoms with Gasteiger partial charge in [-0.25, -0.2) is 10.0 Å². The Morgan fingerprint density at radius 1 is 0.944 bits per heavy atom. The molecule has 0 aromatic heterocycles. The molecule has 0 radical (unpaired) electrons. The molecule has 0 bridgehead atoms. The fourth-order valence-electron chi connectivity index (χ4n) is 2.98. The van der Waals surface area contributed by atoms with Gasteiger partial charge in [-0.05, 0) is 17.5 Å². The Bertz CT molecular complexity index is 414. The lowest BCUT2D eigenvalue weighted by Crippen LogP contribution is -2.54. The minimum absolute atomic E-state index is 0.411. The highest BCUT2D eigenvalue weighted by Gasteiger charge is 2.29. The van der Waals surface area contributed by atoms with Crippen molar-refractivity contribution in [2.24, 2.45) is 0 Å². The SMILES string of the molecule is OC1CC(O)CN(N2CCc3ccccc3C2)C1. The molecule has 2 unspecified atom stereocenters. The Labute approximate surface area is 107 Å². The Morgan fingerprint density at radius 3 is 2.33 bits per heavy atom. The number of nitrogens with zero attached hydrogens (tertiary/aromatic N) is 2. The quantitative estimate of drug-likeness (QED) is 0.754. The van der Waals surface area contributed by atoms with Gasteiger partial charge in [-0.1, -0.05) is 24.3 Å². The van der Waals surface area contributed by atoms with Gasteiger partial charge in [0.05, 0.1) is 12.2 Å². The van der Waals surface area contributed by atoms with Crippen molar-refractivity contribution >= 4 is 0 Å². The van der Waals surface area contributed by atoms with Crippen LogP contribution in [-0.4, -0.2) is 52.1 Å². The first-order valence-corrected chi connectivity index (χ1v) is 6.65. The van der Waals surface area contributed by atoms with E-state index in [1.807, 2.05) is 0 Å². The van der Waals surface area contributed by atoms with E-state index in [2.05, 4.69) is 34.3 Å². The third-order valence-electron chi connectivity index (χ3n) is 3.90. The van der Waals surface area contributed by atoms with Gasteiger partial charge in [-0.15, -0.1) is 0 Å². The molecule has 2 aliphatic heterocycles. The van der Waals surface area contributed by atoms with E-state index in [4.69, 9.17) is 0 Å². The summed E-state index contributed by atoms with van der Waals surface area (Å²) in [6.45, 7) is 3.13. The molecule has 0 spiro atoms. The molecule has 0 aliphatic carbocycles. The molecule has 0 saturated carbocycles. The zero-order valence-corrected chi connectivity index (χ0v) is 10.5. The van der Waals surface area contributed by atoms with Crippen LogP contribution in [0.4, 0.5) is 0 Å². The molecule has 1 aromatic rings. The smallest absolute Gasteiger partial charge is 0.0706 e. The molecule has 1 saturated heterocycles. The van der Waals surface area contributed by atoms with Crippen LogP contribution in [0.3, 0.4) is 0 Å². The average molecular weight is 248 g/mol. The molecule has 2 heterocycles. The van der Waals surface area contributed by atoms with Gasteiger partial charge < -0.3 is 10.2 Å². The molecule has 98 valence electrons. The van der Waals surface area contributed by atoms with Crippen molar-refractivity contribution in [3.63, 3.8) is 0 Å².